The first-order valence-electron chi connectivity index (χ1n) is 5.75. The van der Waals surface area contributed by atoms with E-state index in [0.717, 1.165) is 30.5 Å². The summed E-state index contributed by atoms with van der Waals surface area (Å²) in [5.41, 5.74) is 1.32. The van der Waals surface area contributed by atoms with Crippen LogP contribution in [0.25, 0.3) is 0 Å². The van der Waals surface area contributed by atoms with Crippen LogP contribution >= 0.6 is 40.7 Å². The van der Waals surface area contributed by atoms with Gasteiger partial charge in [0.15, 0.2) is 0 Å². The molecule has 3 nitrogen and oxygen atoms in total. The number of hydrogen-bond acceptors (Lipinski definition) is 2. The number of hydrogen-bond donors (Lipinski definition) is 1. The van der Waals surface area contributed by atoms with Crippen molar-refractivity contribution >= 4 is 40.7 Å². The molecule has 0 saturated carbocycles. The normalized spacial score (nSPS) is 9.53. The number of nitrogens with one attached hydrogen (secondary N) is 1. The van der Waals surface area contributed by atoms with Crippen LogP contribution in [-0.2, 0) is 13.1 Å². The molecule has 0 atom stereocenters. The van der Waals surface area contributed by atoms with E-state index in [4.69, 9.17) is 0 Å². The second kappa shape index (κ2) is 10.3. The van der Waals surface area contributed by atoms with Crippen molar-refractivity contribution in [3.63, 3.8) is 0 Å². The van der Waals surface area contributed by atoms with Gasteiger partial charge >= 0.3 is 0 Å². The van der Waals surface area contributed by atoms with E-state index in [1.54, 1.807) is 0 Å². The van der Waals surface area contributed by atoms with Crippen molar-refractivity contribution in [3.8, 4) is 0 Å². The lowest BCUT2D eigenvalue weighted by atomic mass is 10.2. The topological polar surface area (TPSA) is 29.9 Å². The largest absolute Gasteiger partial charge is 0.337 e. The number of aryl methyl sites for hydroxylation is 1. The minimum Gasteiger partial charge on any atom is -0.337 e. The van der Waals surface area contributed by atoms with Gasteiger partial charge in [0.1, 0.15) is 0 Å². The maximum absolute atomic E-state index is 4.02. The fourth-order valence-corrected chi connectivity index (χ4v) is 1.90. The van der Waals surface area contributed by atoms with Gasteiger partial charge in [-0.25, -0.2) is 4.98 Å². The Bertz CT molecular complexity index is 432. The van der Waals surface area contributed by atoms with Crippen LogP contribution in [0.15, 0.2) is 47.5 Å². The number of benzene rings is 1. The van der Waals surface area contributed by atoms with Crippen LogP contribution < -0.4 is 5.32 Å². The molecule has 0 amide bonds. The van der Waals surface area contributed by atoms with Gasteiger partial charge in [0, 0.05) is 30.0 Å². The van der Waals surface area contributed by atoms with Gasteiger partial charge in [-0.15, -0.1) is 24.8 Å². The molecule has 0 aliphatic rings. The molecular formula is C13H18BrCl2N3. The molecule has 0 aliphatic carbocycles. The Morgan fingerprint density at radius 3 is 2.53 bits per heavy atom. The van der Waals surface area contributed by atoms with Crippen LogP contribution in [0.5, 0.6) is 0 Å². The van der Waals surface area contributed by atoms with E-state index in [-0.39, 0.29) is 24.8 Å². The Morgan fingerprint density at radius 2 is 1.89 bits per heavy atom. The van der Waals surface area contributed by atoms with Gasteiger partial charge in [0.25, 0.3) is 0 Å². The summed E-state index contributed by atoms with van der Waals surface area (Å²) in [6.45, 7) is 2.97. The molecule has 1 aromatic carbocycles. The highest BCUT2D eigenvalue weighted by atomic mass is 79.9. The highest BCUT2D eigenvalue weighted by Crippen LogP contribution is 2.10. The standard InChI is InChI=1S/C13H16BrN3.2ClH/c14-13-4-2-12(3-5-13)10-15-6-1-8-17-9-7-16-11-17;;/h2-5,7,9,11,15H,1,6,8,10H2;2*1H. The van der Waals surface area contributed by atoms with Crippen molar-refractivity contribution in [1.82, 2.24) is 14.9 Å². The summed E-state index contributed by atoms with van der Waals surface area (Å²) < 4.78 is 3.22. The summed E-state index contributed by atoms with van der Waals surface area (Å²) in [4.78, 5) is 4.02. The third-order valence-corrected chi connectivity index (χ3v) is 3.10. The van der Waals surface area contributed by atoms with E-state index in [2.05, 4.69) is 55.1 Å². The van der Waals surface area contributed by atoms with E-state index in [0.29, 0.717) is 0 Å². The predicted octanol–water partition coefficient (Wildman–Crippen LogP) is 3.67. The Labute approximate surface area is 134 Å². The fourth-order valence-electron chi connectivity index (χ4n) is 1.64. The predicted molar refractivity (Wildman–Crippen MR) is 87.2 cm³/mol. The van der Waals surface area contributed by atoms with Crippen molar-refractivity contribution in [3.05, 3.63) is 53.0 Å². The van der Waals surface area contributed by atoms with Crippen LogP contribution in [-0.4, -0.2) is 16.1 Å². The molecule has 0 aliphatic heterocycles. The molecule has 0 bridgehead atoms. The fraction of sp³-hybridized carbons (Fsp3) is 0.308. The maximum atomic E-state index is 4.02. The minimum absolute atomic E-state index is 0. The molecule has 2 rings (SSSR count). The summed E-state index contributed by atoms with van der Waals surface area (Å²) in [6, 6.07) is 8.41. The lowest BCUT2D eigenvalue weighted by molar-refractivity contribution is 0.581. The monoisotopic (exact) mass is 365 g/mol. The molecule has 0 radical (unpaired) electrons. The van der Waals surface area contributed by atoms with Crippen LogP contribution in [0.3, 0.4) is 0 Å². The Morgan fingerprint density at radius 1 is 1.16 bits per heavy atom. The average Bonchev–Trinajstić information content (AvgIpc) is 2.84. The molecule has 0 unspecified atom stereocenters. The SMILES string of the molecule is Brc1ccc(CNCCCn2ccnc2)cc1.Cl.Cl. The quantitative estimate of drug-likeness (QED) is 0.790. The highest BCUT2D eigenvalue weighted by Gasteiger charge is 1.93. The lowest BCUT2D eigenvalue weighted by Crippen LogP contribution is -2.16. The number of imidazole rings is 1. The van der Waals surface area contributed by atoms with Gasteiger partial charge in [-0.3, -0.25) is 0 Å². The summed E-state index contributed by atoms with van der Waals surface area (Å²) in [5, 5.41) is 3.43. The van der Waals surface area contributed by atoms with Crippen molar-refractivity contribution in [2.75, 3.05) is 6.54 Å². The van der Waals surface area contributed by atoms with Crippen LogP contribution in [0.4, 0.5) is 0 Å². The summed E-state index contributed by atoms with van der Waals surface area (Å²) in [5.74, 6) is 0. The van der Waals surface area contributed by atoms with Gasteiger partial charge in [-0.1, -0.05) is 28.1 Å². The molecule has 0 saturated heterocycles. The lowest BCUT2D eigenvalue weighted by Gasteiger charge is -2.05. The van der Waals surface area contributed by atoms with Gasteiger partial charge in [0.2, 0.25) is 0 Å². The number of halogens is 3. The first-order chi connectivity index (χ1) is 8.34. The third kappa shape index (κ3) is 6.97. The molecule has 0 spiro atoms. The molecule has 2 aromatic rings. The minimum atomic E-state index is 0. The Kier molecular flexibility index (Phi) is 9.97. The summed E-state index contributed by atoms with van der Waals surface area (Å²) in [7, 11) is 0. The van der Waals surface area contributed by atoms with E-state index >= 15 is 0 Å². The number of nitrogens with zero attached hydrogens (tertiary/aromatic N) is 2. The van der Waals surface area contributed by atoms with Crippen LogP contribution in [0.1, 0.15) is 12.0 Å². The van der Waals surface area contributed by atoms with Crippen molar-refractivity contribution < 1.29 is 0 Å². The Hall–Kier alpha value is -0.550. The zero-order valence-corrected chi connectivity index (χ0v) is 13.7. The molecule has 6 heteroatoms. The first-order valence-corrected chi connectivity index (χ1v) is 6.55. The second-order valence-corrected chi connectivity index (χ2v) is 4.87. The van der Waals surface area contributed by atoms with Crippen LogP contribution in [0.2, 0.25) is 0 Å². The molecule has 106 valence electrons. The van der Waals surface area contributed by atoms with Gasteiger partial charge < -0.3 is 9.88 Å². The highest BCUT2D eigenvalue weighted by molar-refractivity contribution is 9.10. The van der Waals surface area contributed by atoms with Crippen molar-refractivity contribution in [2.45, 2.75) is 19.5 Å². The zero-order chi connectivity index (χ0) is 11.9. The van der Waals surface area contributed by atoms with Gasteiger partial charge in [-0.05, 0) is 30.7 Å². The maximum Gasteiger partial charge on any atom is 0.0945 e. The zero-order valence-electron chi connectivity index (χ0n) is 10.5. The van der Waals surface area contributed by atoms with Crippen molar-refractivity contribution in [1.29, 1.82) is 0 Å². The van der Waals surface area contributed by atoms with Gasteiger partial charge in [-0.2, -0.15) is 0 Å². The van der Waals surface area contributed by atoms with Gasteiger partial charge in [0.05, 0.1) is 6.33 Å². The number of aromatic nitrogens is 2. The number of rotatable bonds is 6. The van der Waals surface area contributed by atoms with Crippen LogP contribution in [0, 0.1) is 0 Å². The Balaban J connectivity index is 0.00000162. The van der Waals surface area contributed by atoms with Crippen molar-refractivity contribution in [2.24, 2.45) is 0 Å². The molecule has 19 heavy (non-hydrogen) atoms. The molecule has 1 aromatic heterocycles. The smallest absolute Gasteiger partial charge is 0.0945 e. The molecule has 1 heterocycles. The second-order valence-electron chi connectivity index (χ2n) is 3.96. The molecular weight excluding hydrogens is 349 g/mol. The molecule has 1 N–H and O–H groups in total. The summed E-state index contributed by atoms with van der Waals surface area (Å²) in [6.07, 6.45) is 6.78. The van der Waals surface area contributed by atoms with E-state index in [1.807, 2.05) is 18.7 Å². The van der Waals surface area contributed by atoms with E-state index in [9.17, 15) is 0 Å². The van der Waals surface area contributed by atoms with E-state index in [1.165, 1.54) is 5.56 Å². The first kappa shape index (κ1) is 18.4. The van der Waals surface area contributed by atoms with E-state index < -0.39 is 0 Å². The summed E-state index contributed by atoms with van der Waals surface area (Å²) >= 11 is 3.43. The average molecular weight is 367 g/mol. The third-order valence-electron chi connectivity index (χ3n) is 2.57. The molecule has 0 fully saturated rings.